The number of ether oxygens (including phenoxy) is 1. The lowest BCUT2D eigenvalue weighted by Gasteiger charge is -2.26. The van der Waals surface area contributed by atoms with Crippen molar-refractivity contribution in [1.29, 1.82) is 0 Å². The van der Waals surface area contributed by atoms with Gasteiger partial charge in [-0.15, -0.1) is 0 Å². The van der Waals surface area contributed by atoms with Gasteiger partial charge >= 0.3 is 0 Å². The van der Waals surface area contributed by atoms with E-state index in [0.717, 1.165) is 45.0 Å². The summed E-state index contributed by atoms with van der Waals surface area (Å²) in [5, 5.41) is 1.04. The van der Waals surface area contributed by atoms with Gasteiger partial charge in [0, 0.05) is 72.2 Å². The molecule has 9 rings (SSSR count). The Morgan fingerprint density at radius 2 is 1.11 bits per heavy atom. The van der Waals surface area contributed by atoms with Crippen molar-refractivity contribution < 1.29 is 14.3 Å². The van der Waals surface area contributed by atoms with Crippen molar-refractivity contribution in [1.82, 2.24) is 49.7 Å². The van der Waals surface area contributed by atoms with E-state index in [1.54, 1.807) is 29.4 Å². The molecule has 8 aromatic rings. The molecular weight excluding hydrogens is 797 g/mol. The third-order valence-corrected chi connectivity index (χ3v) is 10.6. The highest BCUT2D eigenvalue weighted by Crippen LogP contribution is 2.24. The fraction of sp³-hybridized carbons (Fsp3) is 0.167. The number of pyridine rings is 2. The molecule has 0 aliphatic carbocycles. The SMILES string of the molecule is CCN(CC)C(=O)c1ccc(/C=C/c2cc(-c3cc4c(=O)[nH]cnc4[nH]3)ccn2)cc1.O=C(c1ccc(/C=C/c2cc(-c3cc4c(=O)[nH]cnc4[nH]3)ccn2)cc1)N1CCOCC1. The maximum atomic E-state index is 12.6. The molecular formula is C48H44N10O5. The molecule has 63 heavy (non-hydrogen) atoms. The fourth-order valence-corrected chi connectivity index (χ4v) is 7.11. The number of fused-ring (bicyclic) bond motifs is 2. The molecule has 0 radical (unpaired) electrons. The Labute approximate surface area is 361 Å². The van der Waals surface area contributed by atoms with Crippen molar-refractivity contribution in [3.63, 3.8) is 0 Å². The number of nitrogens with zero attached hydrogens (tertiary/aromatic N) is 6. The van der Waals surface area contributed by atoms with Crippen LogP contribution in [0, 0.1) is 0 Å². The Balaban J connectivity index is 0.000000173. The fourth-order valence-electron chi connectivity index (χ4n) is 7.11. The monoisotopic (exact) mass is 840 g/mol. The second-order valence-corrected chi connectivity index (χ2v) is 14.6. The third-order valence-electron chi connectivity index (χ3n) is 10.6. The molecule has 1 fully saturated rings. The van der Waals surface area contributed by atoms with E-state index in [1.165, 1.54) is 12.7 Å². The standard InChI is InChI=1S/C24H21N5O3.C24H23N5O2/c30-23-20-14-21(28-22(20)26-15-27-23)18-7-8-25-19(13-18)6-3-16-1-4-17(5-2-16)24(31)29-9-11-32-12-10-29;1-3-29(4-2)24(31)17-8-5-16(6-9-17)7-10-19-13-18(11-12-25-19)21-14-20-22(28-21)26-15-27-23(20)30/h1-8,13-15H,9-12H2,(H2,26,27,28,30);5-15H,3-4H2,1-2H3,(H2,26,27,28,30)/b6-3+;10-7+. The van der Waals surface area contributed by atoms with E-state index in [4.69, 9.17) is 4.74 Å². The van der Waals surface area contributed by atoms with Gasteiger partial charge in [-0.3, -0.25) is 29.1 Å². The van der Waals surface area contributed by atoms with Crippen LogP contribution in [0.4, 0.5) is 0 Å². The molecule has 316 valence electrons. The first-order chi connectivity index (χ1) is 30.8. The number of aromatic amines is 4. The molecule has 15 nitrogen and oxygen atoms in total. The summed E-state index contributed by atoms with van der Waals surface area (Å²) in [5.41, 5.74) is 9.01. The summed E-state index contributed by atoms with van der Waals surface area (Å²) in [6.45, 7) is 7.77. The van der Waals surface area contributed by atoms with Gasteiger partial charge in [-0.05, 0) is 97.8 Å². The smallest absolute Gasteiger partial charge is 0.260 e. The molecule has 0 unspecified atom stereocenters. The number of morpholine rings is 1. The highest BCUT2D eigenvalue weighted by atomic mass is 16.5. The summed E-state index contributed by atoms with van der Waals surface area (Å²) >= 11 is 0. The predicted octanol–water partition coefficient (Wildman–Crippen LogP) is 6.92. The highest BCUT2D eigenvalue weighted by Gasteiger charge is 2.18. The van der Waals surface area contributed by atoms with Gasteiger partial charge in [-0.2, -0.15) is 0 Å². The zero-order chi connectivity index (χ0) is 43.7. The van der Waals surface area contributed by atoms with E-state index in [1.807, 2.05) is 116 Å². The molecule has 0 bridgehead atoms. The number of hydrogen-bond acceptors (Lipinski definition) is 9. The van der Waals surface area contributed by atoms with Crippen LogP contribution in [0.1, 0.15) is 57.1 Å². The normalized spacial score (nSPS) is 12.8. The Morgan fingerprint density at radius 1 is 0.635 bits per heavy atom. The molecule has 0 spiro atoms. The van der Waals surface area contributed by atoms with Gasteiger partial charge in [0.2, 0.25) is 0 Å². The number of carbonyl (C=O) groups is 2. The van der Waals surface area contributed by atoms with Gasteiger partial charge in [0.25, 0.3) is 22.9 Å². The summed E-state index contributed by atoms with van der Waals surface area (Å²) in [6, 6.07) is 26.3. The maximum Gasteiger partial charge on any atom is 0.260 e. The number of aromatic nitrogens is 8. The number of rotatable bonds is 10. The van der Waals surface area contributed by atoms with Crippen LogP contribution in [0.3, 0.4) is 0 Å². The van der Waals surface area contributed by atoms with Gasteiger partial charge in [0.05, 0.1) is 48.0 Å². The molecule has 1 aliphatic rings. The van der Waals surface area contributed by atoms with Gasteiger partial charge < -0.3 is 34.5 Å². The summed E-state index contributed by atoms with van der Waals surface area (Å²) in [7, 11) is 0. The number of benzene rings is 2. The molecule has 0 atom stereocenters. The average molecular weight is 841 g/mol. The van der Waals surface area contributed by atoms with Crippen LogP contribution in [0.15, 0.2) is 120 Å². The average Bonchev–Trinajstić information content (AvgIpc) is 3.99. The van der Waals surface area contributed by atoms with Crippen LogP contribution in [-0.2, 0) is 4.74 Å². The lowest BCUT2D eigenvalue weighted by Crippen LogP contribution is -2.40. The summed E-state index contributed by atoms with van der Waals surface area (Å²) in [4.78, 5) is 81.1. The van der Waals surface area contributed by atoms with Gasteiger partial charge in [0.15, 0.2) is 0 Å². The predicted molar refractivity (Wildman–Crippen MR) is 245 cm³/mol. The van der Waals surface area contributed by atoms with Crippen molar-refractivity contribution in [3.05, 3.63) is 164 Å². The van der Waals surface area contributed by atoms with Gasteiger partial charge in [-0.1, -0.05) is 36.4 Å². The minimum atomic E-state index is -0.178. The topological polar surface area (TPSA) is 199 Å². The van der Waals surface area contributed by atoms with E-state index < -0.39 is 0 Å². The molecule has 2 amide bonds. The van der Waals surface area contributed by atoms with Crippen LogP contribution < -0.4 is 11.1 Å². The zero-order valence-electron chi connectivity index (χ0n) is 34.7. The van der Waals surface area contributed by atoms with E-state index in [0.29, 0.717) is 72.6 Å². The Kier molecular flexibility index (Phi) is 12.7. The third kappa shape index (κ3) is 9.79. The maximum absolute atomic E-state index is 12.6. The lowest BCUT2D eigenvalue weighted by atomic mass is 10.1. The zero-order valence-corrected chi connectivity index (χ0v) is 34.7. The number of nitrogens with one attached hydrogen (secondary N) is 4. The molecule has 4 N–H and O–H groups in total. The van der Waals surface area contributed by atoms with E-state index in [2.05, 4.69) is 39.9 Å². The number of amides is 2. The Hall–Kier alpha value is -8.04. The van der Waals surface area contributed by atoms with Crippen LogP contribution >= 0.6 is 0 Å². The van der Waals surface area contributed by atoms with E-state index in [-0.39, 0.29) is 22.9 Å². The minimum absolute atomic E-state index is 0.0323. The summed E-state index contributed by atoms with van der Waals surface area (Å²) in [5.74, 6) is 0.0754. The first-order valence-electron chi connectivity index (χ1n) is 20.5. The second-order valence-electron chi connectivity index (χ2n) is 14.6. The van der Waals surface area contributed by atoms with E-state index in [9.17, 15) is 19.2 Å². The molecule has 15 heteroatoms. The van der Waals surface area contributed by atoms with Crippen molar-refractivity contribution in [2.45, 2.75) is 13.8 Å². The van der Waals surface area contributed by atoms with Crippen molar-refractivity contribution in [3.8, 4) is 22.5 Å². The molecule has 1 aliphatic heterocycles. The van der Waals surface area contributed by atoms with Crippen LogP contribution in [0.5, 0.6) is 0 Å². The molecule has 7 heterocycles. The minimum Gasteiger partial charge on any atom is -0.378 e. The molecule has 6 aromatic heterocycles. The quantitative estimate of drug-likeness (QED) is 0.113. The van der Waals surface area contributed by atoms with E-state index >= 15 is 0 Å². The van der Waals surface area contributed by atoms with Gasteiger partial charge in [0.1, 0.15) is 11.3 Å². The van der Waals surface area contributed by atoms with Crippen LogP contribution in [-0.4, -0.2) is 101 Å². The number of hydrogen-bond donors (Lipinski definition) is 4. The van der Waals surface area contributed by atoms with Gasteiger partial charge in [-0.25, -0.2) is 9.97 Å². The Morgan fingerprint density at radius 3 is 1.57 bits per heavy atom. The molecule has 0 saturated carbocycles. The number of H-pyrrole nitrogens is 4. The molecule has 1 saturated heterocycles. The number of carbonyl (C=O) groups excluding carboxylic acids is 2. The first-order valence-corrected chi connectivity index (χ1v) is 20.5. The second kappa shape index (κ2) is 19.1. The van der Waals surface area contributed by atoms with Crippen LogP contribution in [0.2, 0.25) is 0 Å². The van der Waals surface area contributed by atoms with Crippen molar-refractivity contribution in [2.24, 2.45) is 0 Å². The molecule has 2 aromatic carbocycles. The van der Waals surface area contributed by atoms with Crippen molar-refractivity contribution in [2.75, 3.05) is 39.4 Å². The lowest BCUT2D eigenvalue weighted by molar-refractivity contribution is 0.0303. The largest absolute Gasteiger partial charge is 0.378 e. The summed E-state index contributed by atoms with van der Waals surface area (Å²) in [6.07, 6.45) is 13.9. The van der Waals surface area contributed by atoms with Crippen LogP contribution in [0.25, 0.3) is 68.9 Å². The Bertz CT molecular complexity index is 3060. The van der Waals surface area contributed by atoms with Crippen molar-refractivity contribution >= 4 is 58.2 Å². The first kappa shape index (κ1) is 41.7. The highest BCUT2D eigenvalue weighted by molar-refractivity contribution is 5.95. The summed E-state index contributed by atoms with van der Waals surface area (Å²) < 4.78 is 5.31.